The van der Waals surface area contributed by atoms with E-state index in [1.165, 1.54) is 0 Å². The summed E-state index contributed by atoms with van der Waals surface area (Å²) in [6.07, 6.45) is 0. The Morgan fingerprint density at radius 3 is 3.18 bits per heavy atom. The van der Waals surface area contributed by atoms with Crippen LogP contribution in [0.3, 0.4) is 0 Å². The Kier molecular flexibility index (Phi) is 1.72. The van der Waals surface area contributed by atoms with Crippen molar-refractivity contribution in [3.63, 3.8) is 0 Å². The molecule has 0 atom stereocenters. The summed E-state index contributed by atoms with van der Waals surface area (Å²) >= 11 is 6.06. The van der Waals surface area contributed by atoms with E-state index in [1.807, 2.05) is 25.2 Å². The van der Waals surface area contributed by atoms with Gasteiger partial charge in [-0.15, -0.1) is 0 Å². The molecule has 2 aromatic rings. The van der Waals surface area contributed by atoms with Crippen molar-refractivity contribution < 1.29 is 3.56 Å². The zero-order valence-electron chi connectivity index (χ0n) is 5.91. The summed E-state index contributed by atoms with van der Waals surface area (Å²) < 4.78 is 6.48. The molecular weight excluding hydrogens is 227 g/mol. The average molecular weight is 233 g/mol. The first-order valence-corrected chi connectivity index (χ1v) is 5.10. The zero-order chi connectivity index (χ0) is 7.84. The molecule has 0 saturated heterocycles. The predicted octanol–water partition coefficient (Wildman–Crippen LogP) is 0.770. The number of hydrogen-bond acceptors (Lipinski definition) is 1. The molecule has 0 N–H and O–H groups in total. The molecule has 0 spiro atoms. The van der Waals surface area contributed by atoms with Crippen molar-refractivity contribution in [2.75, 3.05) is 0 Å². The van der Waals surface area contributed by atoms with Gasteiger partial charge in [0.1, 0.15) is 0 Å². The van der Waals surface area contributed by atoms with Crippen molar-refractivity contribution in [3.05, 3.63) is 23.2 Å². The Hall–Kier alpha value is -0.371. The Morgan fingerprint density at radius 2 is 2.36 bits per heavy atom. The molecule has 0 saturated carbocycles. The number of halogens is 1. The fraction of sp³-hybridized carbons (Fsp3) is 0.143. The van der Waals surface area contributed by atoms with Crippen LogP contribution in [0.4, 0.5) is 0 Å². The van der Waals surface area contributed by atoms with Crippen LogP contribution in [0.2, 0.25) is 5.02 Å². The number of benzene rings is 1. The standard InChI is InChI=1S/C7H6ClN2Se/c1-10-7-4-5(8)2-3-6(7)9-11-10/h2-4H,1H3/q+1. The summed E-state index contributed by atoms with van der Waals surface area (Å²) in [4.78, 5) is 0. The first kappa shape index (κ1) is 7.29. The van der Waals surface area contributed by atoms with Crippen molar-refractivity contribution in [2.24, 2.45) is 7.05 Å². The molecule has 2 nitrogen and oxygen atoms in total. The minimum absolute atomic E-state index is 0.229. The molecule has 0 radical (unpaired) electrons. The van der Waals surface area contributed by atoms with Gasteiger partial charge in [0.05, 0.1) is 0 Å². The molecule has 0 fully saturated rings. The fourth-order valence-electron chi connectivity index (χ4n) is 0.975. The number of fused-ring (bicyclic) bond motifs is 1. The molecule has 0 unspecified atom stereocenters. The average Bonchev–Trinajstić information content (AvgIpc) is 2.33. The second-order valence-corrected chi connectivity index (χ2v) is 4.61. The molecule has 0 aliphatic rings. The number of aromatic nitrogens is 2. The Morgan fingerprint density at radius 1 is 1.55 bits per heavy atom. The van der Waals surface area contributed by atoms with Gasteiger partial charge in [0.2, 0.25) is 0 Å². The summed E-state index contributed by atoms with van der Waals surface area (Å²) in [5, 5.41) is 0.781. The van der Waals surface area contributed by atoms with Crippen LogP contribution in [0, 0.1) is 0 Å². The van der Waals surface area contributed by atoms with Crippen molar-refractivity contribution in [1.29, 1.82) is 0 Å². The van der Waals surface area contributed by atoms with E-state index in [0.29, 0.717) is 0 Å². The van der Waals surface area contributed by atoms with Gasteiger partial charge in [-0.25, -0.2) is 0 Å². The van der Waals surface area contributed by atoms with Gasteiger partial charge >= 0.3 is 75.4 Å². The van der Waals surface area contributed by atoms with Gasteiger partial charge in [-0.3, -0.25) is 0 Å². The van der Waals surface area contributed by atoms with Crippen LogP contribution in [-0.2, 0) is 7.05 Å². The van der Waals surface area contributed by atoms with Crippen LogP contribution >= 0.6 is 11.6 Å². The SMILES string of the molecule is C[n+]1[se]nc2ccc(Cl)cc21. The number of aryl methyl sites for hydroxylation is 1. The molecule has 11 heavy (non-hydrogen) atoms. The Bertz CT molecular complexity index is 396. The van der Waals surface area contributed by atoms with Crippen molar-refractivity contribution >= 4 is 37.6 Å². The van der Waals surface area contributed by atoms with Gasteiger partial charge < -0.3 is 0 Å². The van der Waals surface area contributed by atoms with E-state index in [0.717, 1.165) is 16.1 Å². The minimum atomic E-state index is 0.229. The van der Waals surface area contributed by atoms with Crippen LogP contribution in [0.1, 0.15) is 0 Å². The monoisotopic (exact) mass is 233 g/mol. The fourth-order valence-corrected chi connectivity index (χ4v) is 2.40. The van der Waals surface area contributed by atoms with E-state index >= 15 is 0 Å². The van der Waals surface area contributed by atoms with Gasteiger partial charge in [0.25, 0.3) is 0 Å². The molecule has 4 heteroatoms. The Labute approximate surface area is 75.6 Å². The number of rotatable bonds is 0. The third-order valence-electron chi connectivity index (χ3n) is 1.54. The van der Waals surface area contributed by atoms with Gasteiger partial charge in [-0.2, -0.15) is 0 Å². The van der Waals surface area contributed by atoms with E-state index in [9.17, 15) is 0 Å². The first-order valence-electron chi connectivity index (χ1n) is 3.19. The molecule has 1 aromatic carbocycles. The topological polar surface area (TPSA) is 16.8 Å². The quantitative estimate of drug-likeness (QED) is 0.613. The molecular formula is C7H6ClN2Se+. The number of nitrogens with zero attached hydrogens (tertiary/aromatic N) is 2. The van der Waals surface area contributed by atoms with Crippen LogP contribution in [0.15, 0.2) is 18.2 Å². The second kappa shape index (κ2) is 2.59. The van der Waals surface area contributed by atoms with Gasteiger partial charge in [0.15, 0.2) is 0 Å². The molecule has 0 aliphatic heterocycles. The summed E-state index contributed by atoms with van der Waals surface area (Å²) in [5.74, 6) is 0. The molecule has 1 aromatic heterocycles. The normalized spacial score (nSPS) is 10.7. The Balaban J connectivity index is 2.87. The summed E-state index contributed by atoms with van der Waals surface area (Å²) in [5.41, 5.74) is 2.22. The molecule has 0 aliphatic carbocycles. The van der Waals surface area contributed by atoms with Gasteiger partial charge in [-0.1, -0.05) is 0 Å². The summed E-state index contributed by atoms with van der Waals surface area (Å²) in [7, 11) is 2.03. The molecule has 1 heterocycles. The van der Waals surface area contributed by atoms with Crippen molar-refractivity contribution in [1.82, 2.24) is 3.98 Å². The van der Waals surface area contributed by atoms with E-state index in [-0.39, 0.29) is 15.0 Å². The zero-order valence-corrected chi connectivity index (χ0v) is 8.38. The van der Waals surface area contributed by atoms with Crippen LogP contribution in [0.5, 0.6) is 0 Å². The summed E-state index contributed by atoms with van der Waals surface area (Å²) in [6, 6.07) is 5.79. The van der Waals surface area contributed by atoms with Crippen LogP contribution in [0.25, 0.3) is 11.0 Å². The number of hydrogen-bond donors (Lipinski definition) is 0. The maximum atomic E-state index is 5.83. The van der Waals surface area contributed by atoms with Gasteiger partial charge in [0, 0.05) is 0 Å². The van der Waals surface area contributed by atoms with E-state index in [2.05, 4.69) is 7.54 Å². The van der Waals surface area contributed by atoms with Crippen molar-refractivity contribution in [2.45, 2.75) is 0 Å². The predicted molar refractivity (Wildman–Crippen MR) is 44.9 cm³/mol. The van der Waals surface area contributed by atoms with E-state index in [4.69, 9.17) is 11.6 Å². The first-order chi connectivity index (χ1) is 5.27. The van der Waals surface area contributed by atoms with Crippen LogP contribution in [-0.4, -0.2) is 18.9 Å². The molecule has 0 bridgehead atoms. The maximum absolute atomic E-state index is 5.83. The third-order valence-corrected chi connectivity index (χ3v) is 3.28. The molecule has 2 rings (SSSR count). The molecule has 0 amide bonds. The van der Waals surface area contributed by atoms with Gasteiger partial charge in [-0.05, 0) is 0 Å². The van der Waals surface area contributed by atoms with E-state index < -0.39 is 0 Å². The second-order valence-electron chi connectivity index (χ2n) is 2.30. The summed E-state index contributed by atoms with van der Waals surface area (Å²) in [6.45, 7) is 0. The van der Waals surface area contributed by atoms with E-state index in [1.54, 1.807) is 0 Å². The van der Waals surface area contributed by atoms with Crippen LogP contribution < -0.4 is 3.56 Å². The molecule has 56 valence electrons. The third kappa shape index (κ3) is 1.20. The van der Waals surface area contributed by atoms with Crippen molar-refractivity contribution in [3.8, 4) is 0 Å².